The molecule has 1 aromatic heterocycles. The minimum atomic E-state index is 0.796. The van der Waals surface area contributed by atoms with Crippen LogP contribution in [0.2, 0.25) is 0 Å². The lowest BCUT2D eigenvalue weighted by atomic mass is 10.2. The van der Waals surface area contributed by atoms with Crippen LogP contribution in [0, 0.1) is 6.92 Å². The van der Waals surface area contributed by atoms with Gasteiger partial charge in [0.2, 0.25) is 0 Å². The summed E-state index contributed by atoms with van der Waals surface area (Å²) in [4.78, 5) is 4.06. The molecular weight excluding hydrogens is 184 g/mol. The Kier molecular flexibility index (Phi) is 2.98. The van der Waals surface area contributed by atoms with Crippen molar-refractivity contribution in [2.75, 3.05) is 5.32 Å². The minimum absolute atomic E-state index is 0.796. The van der Waals surface area contributed by atoms with Gasteiger partial charge in [0.05, 0.1) is 0 Å². The zero-order valence-corrected chi connectivity index (χ0v) is 8.48. The average Bonchev–Trinajstić information content (AvgIpc) is 2.30. The van der Waals surface area contributed by atoms with Crippen molar-refractivity contribution < 1.29 is 0 Å². The van der Waals surface area contributed by atoms with Crippen LogP contribution in [-0.4, -0.2) is 4.98 Å². The van der Waals surface area contributed by atoms with Crippen molar-refractivity contribution in [3.8, 4) is 0 Å². The third-order valence-corrected chi connectivity index (χ3v) is 2.17. The Morgan fingerprint density at radius 2 is 1.93 bits per heavy atom. The highest BCUT2D eigenvalue weighted by atomic mass is 14.9. The summed E-state index contributed by atoms with van der Waals surface area (Å²) >= 11 is 0. The summed E-state index contributed by atoms with van der Waals surface area (Å²) in [6, 6.07) is 12.0. The Morgan fingerprint density at radius 1 is 1.13 bits per heavy atom. The Labute approximate surface area is 90.0 Å². The first kappa shape index (κ1) is 9.71. The molecule has 0 saturated carbocycles. The van der Waals surface area contributed by atoms with Gasteiger partial charge in [0.25, 0.3) is 0 Å². The number of pyridine rings is 1. The highest BCUT2D eigenvalue weighted by molar-refractivity contribution is 5.45. The smallest absolute Gasteiger partial charge is 0.0416 e. The normalized spacial score (nSPS) is 9.93. The SMILES string of the molecule is [CH2]c1ccc(NCc2cccnc2)cc1. The van der Waals surface area contributed by atoms with Crippen LogP contribution in [0.25, 0.3) is 0 Å². The summed E-state index contributed by atoms with van der Waals surface area (Å²) in [5.74, 6) is 0. The van der Waals surface area contributed by atoms with E-state index < -0.39 is 0 Å². The van der Waals surface area contributed by atoms with E-state index in [0.717, 1.165) is 17.8 Å². The fraction of sp³-hybridized carbons (Fsp3) is 0.0769. The summed E-state index contributed by atoms with van der Waals surface area (Å²) in [5, 5.41) is 3.32. The van der Waals surface area contributed by atoms with Gasteiger partial charge in [0.15, 0.2) is 0 Å². The van der Waals surface area contributed by atoms with Crippen LogP contribution < -0.4 is 5.32 Å². The van der Waals surface area contributed by atoms with Crippen molar-refractivity contribution in [2.45, 2.75) is 6.54 Å². The van der Waals surface area contributed by atoms with E-state index in [0.29, 0.717) is 0 Å². The van der Waals surface area contributed by atoms with Crippen LogP contribution in [0.5, 0.6) is 0 Å². The summed E-state index contributed by atoms with van der Waals surface area (Å²) in [6.45, 7) is 4.64. The van der Waals surface area contributed by atoms with Crippen LogP contribution in [0.4, 0.5) is 5.69 Å². The molecule has 2 nitrogen and oxygen atoms in total. The minimum Gasteiger partial charge on any atom is -0.381 e. The Balaban J connectivity index is 1.96. The first-order valence-corrected chi connectivity index (χ1v) is 4.89. The van der Waals surface area contributed by atoms with Crippen molar-refractivity contribution in [2.24, 2.45) is 0 Å². The maximum Gasteiger partial charge on any atom is 0.0416 e. The molecule has 0 fully saturated rings. The first-order valence-electron chi connectivity index (χ1n) is 4.89. The number of aromatic nitrogens is 1. The van der Waals surface area contributed by atoms with Crippen molar-refractivity contribution in [1.29, 1.82) is 0 Å². The molecule has 2 rings (SSSR count). The number of hydrogen-bond donors (Lipinski definition) is 1. The molecule has 0 bridgehead atoms. The van der Waals surface area contributed by atoms with E-state index in [1.807, 2.05) is 36.5 Å². The lowest BCUT2D eigenvalue weighted by molar-refractivity contribution is 1.11. The van der Waals surface area contributed by atoms with Crippen LogP contribution in [0.1, 0.15) is 11.1 Å². The van der Waals surface area contributed by atoms with E-state index in [1.165, 1.54) is 5.56 Å². The molecule has 15 heavy (non-hydrogen) atoms. The number of anilines is 1. The lowest BCUT2D eigenvalue weighted by Crippen LogP contribution is -1.99. The van der Waals surface area contributed by atoms with Crippen LogP contribution >= 0.6 is 0 Å². The number of benzene rings is 1. The Hall–Kier alpha value is -1.83. The van der Waals surface area contributed by atoms with Crippen LogP contribution in [0.15, 0.2) is 48.8 Å². The maximum absolute atomic E-state index is 4.06. The molecule has 0 atom stereocenters. The predicted octanol–water partition coefficient (Wildman–Crippen LogP) is 2.88. The molecule has 0 amide bonds. The third-order valence-electron chi connectivity index (χ3n) is 2.17. The largest absolute Gasteiger partial charge is 0.381 e. The van der Waals surface area contributed by atoms with Gasteiger partial charge in [-0.2, -0.15) is 0 Å². The second-order valence-corrected chi connectivity index (χ2v) is 3.41. The molecular formula is C13H13N2. The molecule has 2 aromatic rings. The van der Waals surface area contributed by atoms with Crippen molar-refractivity contribution >= 4 is 5.69 Å². The van der Waals surface area contributed by atoms with E-state index in [2.05, 4.69) is 23.3 Å². The molecule has 75 valence electrons. The molecule has 0 unspecified atom stereocenters. The standard InChI is InChI=1S/C13H13N2/c1-11-4-6-13(7-5-11)15-10-12-3-2-8-14-9-12/h2-9,15H,1,10H2. The summed E-state index contributed by atoms with van der Waals surface area (Å²) in [7, 11) is 0. The molecule has 0 aliphatic rings. The molecule has 0 saturated heterocycles. The molecule has 0 aliphatic heterocycles. The van der Waals surface area contributed by atoms with Gasteiger partial charge in [-0.3, -0.25) is 4.98 Å². The molecule has 0 spiro atoms. The van der Waals surface area contributed by atoms with Crippen molar-refractivity contribution in [3.63, 3.8) is 0 Å². The maximum atomic E-state index is 4.06. The molecule has 1 radical (unpaired) electrons. The third kappa shape index (κ3) is 2.81. The topological polar surface area (TPSA) is 24.9 Å². The van der Waals surface area contributed by atoms with E-state index in [9.17, 15) is 0 Å². The van der Waals surface area contributed by atoms with Crippen molar-refractivity contribution in [1.82, 2.24) is 4.98 Å². The number of nitrogens with one attached hydrogen (secondary N) is 1. The van der Waals surface area contributed by atoms with Gasteiger partial charge < -0.3 is 5.32 Å². The molecule has 1 heterocycles. The summed E-state index contributed by atoms with van der Waals surface area (Å²) in [5.41, 5.74) is 3.31. The van der Waals surface area contributed by atoms with Gasteiger partial charge in [-0.15, -0.1) is 0 Å². The molecule has 0 aliphatic carbocycles. The van der Waals surface area contributed by atoms with Crippen LogP contribution in [-0.2, 0) is 6.54 Å². The van der Waals surface area contributed by atoms with Gasteiger partial charge in [-0.05, 0) is 36.2 Å². The monoisotopic (exact) mass is 197 g/mol. The molecule has 1 N–H and O–H groups in total. The zero-order chi connectivity index (χ0) is 10.5. The highest BCUT2D eigenvalue weighted by Gasteiger charge is 1.93. The van der Waals surface area contributed by atoms with Crippen LogP contribution in [0.3, 0.4) is 0 Å². The van der Waals surface area contributed by atoms with E-state index in [-0.39, 0.29) is 0 Å². The van der Waals surface area contributed by atoms with Gasteiger partial charge in [0, 0.05) is 24.6 Å². The predicted molar refractivity (Wildman–Crippen MR) is 62.5 cm³/mol. The average molecular weight is 197 g/mol. The molecule has 2 heteroatoms. The van der Waals surface area contributed by atoms with E-state index >= 15 is 0 Å². The van der Waals surface area contributed by atoms with E-state index in [1.54, 1.807) is 6.20 Å². The zero-order valence-electron chi connectivity index (χ0n) is 8.48. The second kappa shape index (κ2) is 4.60. The van der Waals surface area contributed by atoms with Gasteiger partial charge in [-0.1, -0.05) is 18.2 Å². The fourth-order valence-corrected chi connectivity index (χ4v) is 1.33. The lowest BCUT2D eigenvalue weighted by Gasteiger charge is -2.05. The number of rotatable bonds is 3. The number of nitrogens with zero attached hydrogens (tertiary/aromatic N) is 1. The first-order chi connectivity index (χ1) is 7.34. The van der Waals surface area contributed by atoms with Gasteiger partial charge in [0.1, 0.15) is 0 Å². The van der Waals surface area contributed by atoms with Gasteiger partial charge >= 0.3 is 0 Å². The van der Waals surface area contributed by atoms with Crippen molar-refractivity contribution in [3.05, 3.63) is 66.8 Å². The quantitative estimate of drug-likeness (QED) is 0.818. The number of hydrogen-bond acceptors (Lipinski definition) is 2. The highest BCUT2D eigenvalue weighted by Crippen LogP contribution is 2.09. The fourth-order valence-electron chi connectivity index (χ4n) is 1.33. The van der Waals surface area contributed by atoms with E-state index in [4.69, 9.17) is 0 Å². The Bertz CT molecular complexity index is 406. The summed E-state index contributed by atoms with van der Waals surface area (Å²) < 4.78 is 0. The summed E-state index contributed by atoms with van der Waals surface area (Å²) in [6.07, 6.45) is 3.64. The second-order valence-electron chi connectivity index (χ2n) is 3.41. The Morgan fingerprint density at radius 3 is 2.60 bits per heavy atom. The molecule has 1 aromatic carbocycles. The van der Waals surface area contributed by atoms with Gasteiger partial charge in [-0.25, -0.2) is 0 Å².